The van der Waals surface area contributed by atoms with Gasteiger partial charge in [0.1, 0.15) is 5.75 Å². The summed E-state index contributed by atoms with van der Waals surface area (Å²) < 4.78 is 5.30. The quantitative estimate of drug-likeness (QED) is 0.183. The minimum atomic E-state index is 0.430. The summed E-state index contributed by atoms with van der Waals surface area (Å²) in [4.78, 5) is 0. The second-order valence-corrected chi connectivity index (χ2v) is 9.16. The number of rotatable bonds is 22. The van der Waals surface area contributed by atoms with Crippen LogP contribution in [0.25, 0.3) is 0 Å². The van der Waals surface area contributed by atoms with E-state index in [-0.39, 0.29) is 0 Å². The molecule has 0 fully saturated rings. The zero-order valence-electron chi connectivity index (χ0n) is 20.8. The van der Waals surface area contributed by atoms with Crippen molar-refractivity contribution in [3.63, 3.8) is 0 Å². The highest BCUT2D eigenvalue weighted by Crippen LogP contribution is 2.23. The Morgan fingerprint density at radius 1 is 0.710 bits per heavy atom. The third-order valence-corrected chi connectivity index (χ3v) is 6.39. The molecule has 1 aromatic rings. The van der Waals surface area contributed by atoms with Crippen molar-refractivity contribution in [3.8, 4) is 5.75 Å². The van der Waals surface area contributed by atoms with E-state index in [4.69, 9.17) is 10.5 Å². The molecule has 1 rings (SSSR count). The van der Waals surface area contributed by atoms with Crippen LogP contribution < -0.4 is 15.8 Å². The van der Waals surface area contributed by atoms with Gasteiger partial charge in [-0.15, -0.1) is 0 Å². The van der Waals surface area contributed by atoms with Gasteiger partial charge in [-0.3, -0.25) is 0 Å². The fraction of sp³-hybridized carbons (Fsp3) is 0.786. The van der Waals surface area contributed by atoms with Crippen molar-refractivity contribution in [2.24, 2.45) is 5.73 Å². The molecule has 0 aliphatic heterocycles. The van der Waals surface area contributed by atoms with Gasteiger partial charge < -0.3 is 15.8 Å². The Morgan fingerprint density at radius 3 is 1.65 bits per heavy atom. The molecule has 3 heteroatoms. The summed E-state index contributed by atoms with van der Waals surface area (Å²) in [5.41, 5.74) is 7.03. The third kappa shape index (κ3) is 15.4. The van der Waals surface area contributed by atoms with Crippen LogP contribution in [0.1, 0.15) is 128 Å². The molecule has 0 bridgehead atoms. The van der Waals surface area contributed by atoms with Gasteiger partial charge in [0.15, 0.2) is 0 Å². The Morgan fingerprint density at radius 2 is 1.19 bits per heavy atom. The predicted molar refractivity (Wildman–Crippen MR) is 137 cm³/mol. The highest BCUT2D eigenvalue weighted by molar-refractivity contribution is 5.29. The standard InChI is InChI=1S/C28H52N2O/c1-3-4-5-6-7-8-9-10-11-12-13-14-15-16-17-19-28(30-25-18-24-29)26-20-22-27(31-2)23-21-26/h20-23,28,30H,3-19,24-25,29H2,1-2H3. The van der Waals surface area contributed by atoms with Crippen molar-refractivity contribution >= 4 is 0 Å². The monoisotopic (exact) mass is 432 g/mol. The first-order valence-electron chi connectivity index (χ1n) is 13.4. The highest BCUT2D eigenvalue weighted by Gasteiger charge is 2.10. The molecule has 1 unspecified atom stereocenters. The SMILES string of the molecule is CCCCCCCCCCCCCCCCCC(NCCCN)c1ccc(OC)cc1. The van der Waals surface area contributed by atoms with Crippen molar-refractivity contribution in [1.29, 1.82) is 0 Å². The molecule has 0 radical (unpaired) electrons. The molecular formula is C28H52N2O. The molecule has 31 heavy (non-hydrogen) atoms. The predicted octanol–water partition coefficient (Wildman–Crippen LogP) is 7.94. The normalized spacial score (nSPS) is 12.2. The number of nitrogens with one attached hydrogen (secondary N) is 1. The van der Waals surface area contributed by atoms with Crippen LogP contribution in [0.5, 0.6) is 5.75 Å². The maximum atomic E-state index is 5.67. The van der Waals surface area contributed by atoms with Gasteiger partial charge in [0.25, 0.3) is 0 Å². The Balaban J connectivity index is 2.04. The summed E-state index contributed by atoms with van der Waals surface area (Å²) in [7, 11) is 1.72. The molecule has 3 N–H and O–H groups in total. The molecule has 0 saturated carbocycles. The highest BCUT2D eigenvalue weighted by atomic mass is 16.5. The fourth-order valence-electron chi connectivity index (χ4n) is 4.32. The van der Waals surface area contributed by atoms with Gasteiger partial charge >= 0.3 is 0 Å². The van der Waals surface area contributed by atoms with E-state index in [2.05, 4.69) is 36.5 Å². The smallest absolute Gasteiger partial charge is 0.118 e. The number of ether oxygens (including phenoxy) is 1. The zero-order chi connectivity index (χ0) is 22.4. The molecule has 1 aromatic carbocycles. The summed E-state index contributed by atoms with van der Waals surface area (Å²) in [5, 5.41) is 3.70. The van der Waals surface area contributed by atoms with Crippen LogP contribution in [0.2, 0.25) is 0 Å². The topological polar surface area (TPSA) is 47.3 Å². The molecule has 0 saturated heterocycles. The maximum absolute atomic E-state index is 5.67. The molecule has 0 amide bonds. The van der Waals surface area contributed by atoms with Crippen LogP contribution in [0.4, 0.5) is 0 Å². The van der Waals surface area contributed by atoms with E-state index in [1.807, 2.05) is 0 Å². The molecule has 0 heterocycles. The number of methoxy groups -OCH3 is 1. The number of hydrogen-bond acceptors (Lipinski definition) is 3. The number of nitrogens with two attached hydrogens (primary N) is 1. The van der Waals surface area contributed by atoms with Crippen molar-refractivity contribution in [3.05, 3.63) is 29.8 Å². The van der Waals surface area contributed by atoms with E-state index in [1.165, 1.54) is 108 Å². The number of benzene rings is 1. The van der Waals surface area contributed by atoms with E-state index in [0.717, 1.165) is 25.3 Å². The second kappa shape index (κ2) is 20.8. The van der Waals surface area contributed by atoms with Gasteiger partial charge in [-0.1, -0.05) is 115 Å². The Kier molecular flexibility index (Phi) is 18.8. The lowest BCUT2D eigenvalue weighted by Crippen LogP contribution is -2.24. The van der Waals surface area contributed by atoms with E-state index in [0.29, 0.717) is 6.04 Å². The van der Waals surface area contributed by atoms with Crippen LogP contribution in [-0.4, -0.2) is 20.2 Å². The number of hydrogen-bond donors (Lipinski definition) is 2. The van der Waals surface area contributed by atoms with Crippen molar-refractivity contribution in [1.82, 2.24) is 5.32 Å². The van der Waals surface area contributed by atoms with Gasteiger partial charge in [-0.25, -0.2) is 0 Å². The summed E-state index contributed by atoms with van der Waals surface area (Å²) in [6, 6.07) is 8.96. The first kappa shape index (κ1) is 28.0. The van der Waals surface area contributed by atoms with E-state index >= 15 is 0 Å². The lowest BCUT2D eigenvalue weighted by atomic mass is 9.99. The Hall–Kier alpha value is -1.06. The average Bonchev–Trinajstić information content (AvgIpc) is 2.80. The van der Waals surface area contributed by atoms with E-state index in [1.54, 1.807) is 7.11 Å². The van der Waals surface area contributed by atoms with Gasteiger partial charge in [0.05, 0.1) is 7.11 Å². The summed E-state index contributed by atoms with van der Waals surface area (Å²) in [6.45, 7) is 4.04. The lowest BCUT2D eigenvalue weighted by molar-refractivity contribution is 0.413. The zero-order valence-corrected chi connectivity index (χ0v) is 20.8. The minimum Gasteiger partial charge on any atom is -0.497 e. The van der Waals surface area contributed by atoms with Gasteiger partial charge in [-0.05, 0) is 43.6 Å². The van der Waals surface area contributed by atoms with Gasteiger partial charge in [-0.2, -0.15) is 0 Å². The first-order chi connectivity index (χ1) is 15.3. The van der Waals surface area contributed by atoms with E-state index < -0.39 is 0 Å². The fourth-order valence-corrected chi connectivity index (χ4v) is 4.32. The van der Waals surface area contributed by atoms with Crippen LogP contribution in [-0.2, 0) is 0 Å². The summed E-state index contributed by atoms with van der Waals surface area (Å²) >= 11 is 0. The average molecular weight is 433 g/mol. The third-order valence-electron chi connectivity index (χ3n) is 6.39. The second-order valence-electron chi connectivity index (χ2n) is 9.16. The first-order valence-corrected chi connectivity index (χ1v) is 13.4. The molecule has 0 aliphatic carbocycles. The van der Waals surface area contributed by atoms with Crippen LogP contribution in [0.3, 0.4) is 0 Å². The molecule has 1 atom stereocenters. The molecule has 0 spiro atoms. The molecule has 180 valence electrons. The molecule has 0 aromatic heterocycles. The van der Waals surface area contributed by atoms with Crippen molar-refractivity contribution in [2.45, 2.75) is 122 Å². The minimum absolute atomic E-state index is 0.430. The Labute approximate surface area is 193 Å². The van der Waals surface area contributed by atoms with E-state index in [9.17, 15) is 0 Å². The molecular weight excluding hydrogens is 380 g/mol. The van der Waals surface area contributed by atoms with Gasteiger partial charge in [0.2, 0.25) is 0 Å². The molecule has 0 aliphatic rings. The van der Waals surface area contributed by atoms with Crippen LogP contribution >= 0.6 is 0 Å². The maximum Gasteiger partial charge on any atom is 0.118 e. The Bertz CT molecular complexity index is 488. The molecule has 3 nitrogen and oxygen atoms in total. The summed E-state index contributed by atoms with van der Waals surface area (Å²) in [6.07, 6.45) is 23.5. The van der Waals surface area contributed by atoms with Crippen LogP contribution in [0, 0.1) is 0 Å². The van der Waals surface area contributed by atoms with Crippen molar-refractivity contribution in [2.75, 3.05) is 20.2 Å². The van der Waals surface area contributed by atoms with Crippen molar-refractivity contribution < 1.29 is 4.74 Å². The largest absolute Gasteiger partial charge is 0.497 e. The van der Waals surface area contributed by atoms with Crippen LogP contribution in [0.15, 0.2) is 24.3 Å². The summed E-state index contributed by atoms with van der Waals surface area (Å²) in [5.74, 6) is 0.927. The lowest BCUT2D eigenvalue weighted by Gasteiger charge is -2.19. The number of unbranched alkanes of at least 4 members (excludes halogenated alkanes) is 14. The van der Waals surface area contributed by atoms with Gasteiger partial charge in [0, 0.05) is 6.04 Å².